The minimum Gasteiger partial charge on any atom is -0.450 e. The molecule has 2 aromatic carbocycles. The SMILES string of the molecule is O=C(OC1(c2ccc(I)cc2)CC[NH2+]CC1)c1cc(I)cc(I)c1I. The lowest BCUT2D eigenvalue weighted by atomic mass is 9.84. The predicted molar refractivity (Wildman–Crippen MR) is 132 cm³/mol. The van der Waals surface area contributed by atoms with E-state index in [0.29, 0.717) is 5.56 Å². The summed E-state index contributed by atoms with van der Waals surface area (Å²) in [7, 11) is 0. The minimum atomic E-state index is -0.522. The van der Waals surface area contributed by atoms with E-state index in [-0.39, 0.29) is 5.97 Å². The maximum absolute atomic E-state index is 13.0. The van der Waals surface area contributed by atoms with Gasteiger partial charge >= 0.3 is 5.97 Å². The molecule has 2 N–H and O–H groups in total. The van der Waals surface area contributed by atoms with Crippen molar-refractivity contribution in [1.82, 2.24) is 0 Å². The van der Waals surface area contributed by atoms with Gasteiger partial charge in [-0.2, -0.15) is 0 Å². The summed E-state index contributed by atoms with van der Waals surface area (Å²) in [6.07, 6.45) is 1.69. The molecule has 0 spiro atoms. The minimum absolute atomic E-state index is 0.221. The van der Waals surface area contributed by atoms with Crippen LogP contribution in [0.2, 0.25) is 0 Å². The van der Waals surface area contributed by atoms with Crippen LogP contribution in [-0.4, -0.2) is 19.1 Å². The molecule has 25 heavy (non-hydrogen) atoms. The fourth-order valence-electron chi connectivity index (χ4n) is 3.08. The van der Waals surface area contributed by atoms with Crippen molar-refractivity contribution >= 4 is 96.3 Å². The van der Waals surface area contributed by atoms with Gasteiger partial charge in [0.05, 0.1) is 18.7 Å². The standard InChI is InChI=1S/C18H15I4NO2/c19-12-3-1-11(2-4-12)18(5-7-23-8-6-18)25-17(24)14-9-13(20)10-15(21)16(14)22/h1-4,9-10,23H,5-8H2/p+1. The third-order valence-electron chi connectivity index (χ3n) is 4.38. The van der Waals surface area contributed by atoms with Crippen molar-refractivity contribution in [2.75, 3.05) is 13.1 Å². The number of rotatable bonds is 3. The van der Waals surface area contributed by atoms with Crippen molar-refractivity contribution in [1.29, 1.82) is 0 Å². The Balaban J connectivity index is 1.96. The molecule has 0 saturated carbocycles. The summed E-state index contributed by atoms with van der Waals surface area (Å²) in [4.78, 5) is 13.0. The third-order valence-corrected chi connectivity index (χ3v) is 8.76. The number of nitrogens with two attached hydrogens (primary N) is 1. The van der Waals surface area contributed by atoms with E-state index in [9.17, 15) is 4.79 Å². The molecule has 1 saturated heterocycles. The monoisotopic (exact) mass is 786 g/mol. The van der Waals surface area contributed by atoms with Crippen LogP contribution in [0.25, 0.3) is 0 Å². The topological polar surface area (TPSA) is 42.9 Å². The summed E-state index contributed by atoms with van der Waals surface area (Å²) >= 11 is 9.06. The molecule has 1 fully saturated rings. The summed E-state index contributed by atoms with van der Waals surface area (Å²) in [6.45, 7) is 1.94. The molecule has 7 heteroatoms. The second kappa shape index (κ2) is 8.86. The third kappa shape index (κ3) is 4.80. The van der Waals surface area contributed by atoms with Crippen LogP contribution < -0.4 is 5.32 Å². The molecule has 1 aliphatic rings. The number of hydrogen-bond acceptors (Lipinski definition) is 2. The van der Waals surface area contributed by atoms with Gasteiger partial charge in [-0.25, -0.2) is 4.79 Å². The Labute approximate surface area is 202 Å². The smallest absolute Gasteiger partial charge is 0.340 e. The van der Waals surface area contributed by atoms with Crippen molar-refractivity contribution in [3.63, 3.8) is 0 Å². The van der Waals surface area contributed by atoms with E-state index in [2.05, 4.69) is 126 Å². The van der Waals surface area contributed by atoms with Crippen molar-refractivity contribution in [3.05, 3.63) is 61.8 Å². The molecular weight excluding hydrogens is 770 g/mol. The Morgan fingerprint density at radius 3 is 2.24 bits per heavy atom. The van der Waals surface area contributed by atoms with Gasteiger partial charge in [0.15, 0.2) is 0 Å². The largest absolute Gasteiger partial charge is 0.450 e. The molecule has 0 unspecified atom stereocenters. The highest BCUT2D eigenvalue weighted by Gasteiger charge is 2.40. The Morgan fingerprint density at radius 2 is 1.60 bits per heavy atom. The van der Waals surface area contributed by atoms with Gasteiger partial charge in [0.1, 0.15) is 5.60 Å². The Morgan fingerprint density at radius 1 is 0.960 bits per heavy atom. The number of ether oxygens (including phenoxy) is 1. The van der Waals surface area contributed by atoms with Crippen LogP contribution >= 0.6 is 90.4 Å². The van der Waals surface area contributed by atoms with E-state index >= 15 is 0 Å². The average molecular weight is 786 g/mol. The Hall–Kier alpha value is 0.790. The molecule has 0 radical (unpaired) electrons. The maximum atomic E-state index is 13.0. The lowest BCUT2D eigenvalue weighted by Gasteiger charge is -2.36. The van der Waals surface area contributed by atoms with Gasteiger partial charge in [-0.1, -0.05) is 12.1 Å². The molecule has 0 amide bonds. The first kappa shape index (κ1) is 20.5. The highest BCUT2D eigenvalue weighted by atomic mass is 127. The lowest BCUT2D eigenvalue weighted by Crippen LogP contribution is -2.87. The number of quaternary nitrogens is 1. The van der Waals surface area contributed by atoms with Crippen LogP contribution in [0.1, 0.15) is 28.8 Å². The van der Waals surface area contributed by atoms with Gasteiger partial charge < -0.3 is 10.1 Å². The van der Waals surface area contributed by atoms with Gasteiger partial charge in [0.2, 0.25) is 0 Å². The van der Waals surface area contributed by atoms with E-state index in [1.165, 1.54) is 3.57 Å². The molecule has 132 valence electrons. The molecule has 0 bridgehead atoms. The first-order chi connectivity index (χ1) is 11.9. The van der Waals surface area contributed by atoms with Crippen LogP contribution in [-0.2, 0) is 10.3 Å². The van der Waals surface area contributed by atoms with E-state index in [4.69, 9.17) is 4.74 Å². The molecule has 0 atom stereocenters. The Kier molecular flexibility index (Phi) is 7.27. The van der Waals surface area contributed by atoms with Crippen LogP contribution in [0.15, 0.2) is 36.4 Å². The second-order valence-corrected chi connectivity index (χ2v) is 10.7. The summed E-state index contributed by atoms with van der Waals surface area (Å²) in [5.74, 6) is -0.221. The predicted octanol–water partition coefficient (Wildman–Crippen LogP) is 4.51. The fourth-order valence-corrected chi connectivity index (χ4v) is 5.82. The van der Waals surface area contributed by atoms with Crippen LogP contribution in [0.3, 0.4) is 0 Å². The van der Waals surface area contributed by atoms with Crippen molar-refractivity contribution in [3.8, 4) is 0 Å². The number of hydrogen-bond donors (Lipinski definition) is 1. The number of carbonyl (C=O) groups is 1. The molecule has 0 aromatic heterocycles. The van der Waals surface area contributed by atoms with Gasteiger partial charge in [0.25, 0.3) is 0 Å². The summed E-state index contributed by atoms with van der Waals surface area (Å²) in [5.41, 5.74) is 1.24. The van der Waals surface area contributed by atoms with Gasteiger partial charge in [-0.15, -0.1) is 0 Å². The van der Waals surface area contributed by atoms with Gasteiger partial charge in [-0.05, 0) is 120 Å². The summed E-state index contributed by atoms with van der Waals surface area (Å²) in [6, 6.07) is 12.4. The second-order valence-electron chi connectivity index (χ2n) is 6.01. The van der Waals surface area contributed by atoms with E-state index in [1.54, 1.807) is 0 Å². The summed E-state index contributed by atoms with van der Waals surface area (Å²) < 4.78 is 10.5. The van der Waals surface area contributed by atoms with Crippen LogP contribution in [0.5, 0.6) is 0 Å². The highest BCUT2D eigenvalue weighted by Crippen LogP contribution is 2.36. The Bertz CT molecular complexity index is 786. The fraction of sp³-hybridized carbons (Fsp3) is 0.278. The zero-order chi connectivity index (χ0) is 18.0. The van der Waals surface area contributed by atoms with E-state index < -0.39 is 5.60 Å². The summed E-state index contributed by atoms with van der Waals surface area (Å²) in [5, 5.41) is 2.29. The number of halogens is 4. The molecule has 3 rings (SSSR count). The van der Waals surface area contributed by atoms with Crippen LogP contribution in [0, 0.1) is 14.3 Å². The molecular formula is C18H16I4NO2+. The van der Waals surface area contributed by atoms with Crippen molar-refractivity contribution in [2.24, 2.45) is 0 Å². The number of benzene rings is 2. The first-order valence-electron chi connectivity index (χ1n) is 7.87. The highest BCUT2D eigenvalue weighted by molar-refractivity contribution is 14.1. The van der Waals surface area contributed by atoms with E-state index in [1.807, 2.05) is 6.07 Å². The van der Waals surface area contributed by atoms with Crippen LogP contribution in [0.4, 0.5) is 0 Å². The number of carbonyl (C=O) groups excluding carboxylic acids is 1. The van der Waals surface area contributed by atoms with Crippen molar-refractivity contribution in [2.45, 2.75) is 18.4 Å². The molecule has 1 aliphatic heterocycles. The first-order valence-corrected chi connectivity index (χ1v) is 12.2. The number of esters is 1. The molecule has 2 aromatic rings. The van der Waals surface area contributed by atoms with E-state index in [0.717, 1.165) is 42.2 Å². The average Bonchev–Trinajstić information content (AvgIpc) is 2.59. The van der Waals surface area contributed by atoms with Gasteiger partial charge in [0, 0.05) is 27.1 Å². The van der Waals surface area contributed by atoms with Crippen molar-refractivity contribution < 1.29 is 14.8 Å². The maximum Gasteiger partial charge on any atom is 0.340 e. The number of piperidine rings is 1. The normalized spacial score (nSPS) is 16.5. The zero-order valence-corrected chi connectivity index (χ0v) is 21.8. The quantitative estimate of drug-likeness (QED) is 0.283. The zero-order valence-electron chi connectivity index (χ0n) is 13.2. The molecule has 3 nitrogen and oxygen atoms in total. The molecule has 1 heterocycles. The van der Waals surface area contributed by atoms with Gasteiger partial charge in [-0.3, -0.25) is 0 Å². The lowest BCUT2D eigenvalue weighted by molar-refractivity contribution is -0.668. The molecule has 0 aliphatic carbocycles.